The molecule has 0 spiro atoms. The van der Waals surface area contributed by atoms with E-state index >= 15 is 0 Å². The van der Waals surface area contributed by atoms with E-state index in [1.807, 2.05) is 18.2 Å². The fourth-order valence-electron chi connectivity index (χ4n) is 2.13. The molecular weight excluding hydrogens is 356 g/mol. The molecule has 0 atom stereocenters. The largest absolute Gasteiger partial charge is 0.452 e. The van der Waals surface area contributed by atoms with E-state index in [-0.39, 0.29) is 17.0 Å². The molecule has 7 nitrogen and oxygen atoms in total. The summed E-state index contributed by atoms with van der Waals surface area (Å²) in [7, 11) is -2.38. The molecule has 0 aliphatic rings. The molecule has 2 rings (SSSR count). The minimum absolute atomic E-state index is 0.0501. The average molecular weight is 376 g/mol. The lowest BCUT2D eigenvalue weighted by Gasteiger charge is -2.11. The highest BCUT2D eigenvalue weighted by Gasteiger charge is 2.19. The highest BCUT2D eigenvalue weighted by Crippen LogP contribution is 2.17. The first kappa shape index (κ1) is 19.6. The maximum Gasteiger partial charge on any atom is 0.338 e. The van der Waals surface area contributed by atoms with Crippen LogP contribution in [-0.4, -0.2) is 33.9 Å². The zero-order valence-corrected chi connectivity index (χ0v) is 15.3. The van der Waals surface area contributed by atoms with Crippen molar-refractivity contribution in [2.45, 2.75) is 18.4 Å². The van der Waals surface area contributed by atoms with E-state index in [0.29, 0.717) is 5.56 Å². The molecule has 2 N–H and O–H groups in total. The molecule has 0 bridgehead atoms. The van der Waals surface area contributed by atoms with Crippen LogP contribution in [0.25, 0.3) is 0 Å². The molecule has 0 radical (unpaired) electrons. The standard InChI is InChI=1S/C18H20N2O5S/c1-13-8-9-15(10-16(13)18(22)25-12-17(21)19-2)26(23,24)20-11-14-6-4-3-5-7-14/h3-10,20H,11-12H2,1-2H3,(H,19,21). The Morgan fingerprint density at radius 1 is 1.08 bits per heavy atom. The molecule has 0 saturated carbocycles. The Morgan fingerprint density at radius 2 is 1.77 bits per heavy atom. The summed E-state index contributed by atoms with van der Waals surface area (Å²) in [6.45, 7) is 1.36. The Balaban J connectivity index is 2.16. The van der Waals surface area contributed by atoms with Crippen LogP contribution in [0.1, 0.15) is 21.5 Å². The van der Waals surface area contributed by atoms with Crippen LogP contribution in [0, 0.1) is 6.92 Å². The van der Waals surface area contributed by atoms with E-state index in [1.165, 1.54) is 25.2 Å². The van der Waals surface area contributed by atoms with E-state index in [2.05, 4.69) is 10.0 Å². The van der Waals surface area contributed by atoms with Crippen molar-refractivity contribution in [3.63, 3.8) is 0 Å². The fraction of sp³-hybridized carbons (Fsp3) is 0.222. The molecule has 8 heteroatoms. The van der Waals surface area contributed by atoms with Gasteiger partial charge in [-0.15, -0.1) is 0 Å². The molecule has 2 aromatic rings. The van der Waals surface area contributed by atoms with Crippen molar-refractivity contribution in [1.29, 1.82) is 0 Å². The Bertz CT molecular complexity index is 895. The quantitative estimate of drug-likeness (QED) is 0.711. The highest BCUT2D eigenvalue weighted by molar-refractivity contribution is 7.89. The van der Waals surface area contributed by atoms with E-state index in [9.17, 15) is 18.0 Å². The second kappa shape index (κ2) is 8.59. The first-order valence-corrected chi connectivity index (χ1v) is 9.34. The molecule has 0 aromatic heterocycles. The van der Waals surface area contributed by atoms with Crippen molar-refractivity contribution in [3.05, 3.63) is 65.2 Å². The van der Waals surface area contributed by atoms with Crippen LogP contribution in [0.2, 0.25) is 0 Å². The van der Waals surface area contributed by atoms with Gasteiger partial charge in [-0.25, -0.2) is 17.9 Å². The summed E-state index contributed by atoms with van der Waals surface area (Å²) < 4.78 is 32.3. The SMILES string of the molecule is CNC(=O)COC(=O)c1cc(S(=O)(=O)NCc2ccccc2)ccc1C. The number of rotatable bonds is 7. The number of carbonyl (C=O) groups excluding carboxylic acids is 2. The van der Waals surface area contributed by atoms with Crippen LogP contribution in [0.3, 0.4) is 0 Å². The summed E-state index contributed by atoms with van der Waals surface area (Å²) in [6.07, 6.45) is 0. The van der Waals surface area contributed by atoms with Crippen LogP contribution >= 0.6 is 0 Å². The summed E-state index contributed by atoms with van der Waals surface area (Å²) in [5.41, 5.74) is 1.46. The molecule has 2 aromatic carbocycles. The monoisotopic (exact) mass is 376 g/mol. The van der Waals surface area contributed by atoms with Crippen LogP contribution in [0.4, 0.5) is 0 Å². The van der Waals surface area contributed by atoms with Gasteiger partial charge in [-0.2, -0.15) is 0 Å². The van der Waals surface area contributed by atoms with Crippen molar-refractivity contribution in [2.24, 2.45) is 0 Å². The number of hydrogen-bond donors (Lipinski definition) is 2. The zero-order valence-electron chi connectivity index (χ0n) is 14.5. The molecule has 0 aliphatic heterocycles. The lowest BCUT2D eigenvalue weighted by molar-refractivity contribution is -0.123. The summed E-state index contributed by atoms with van der Waals surface area (Å²) in [5.74, 6) is -1.21. The van der Waals surface area contributed by atoms with Gasteiger partial charge in [-0.05, 0) is 30.2 Å². The van der Waals surface area contributed by atoms with Crippen LogP contribution in [-0.2, 0) is 26.1 Å². The molecule has 0 aliphatic carbocycles. The number of esters is 1. The van der Waals surface area contributed by atoms with Crippen molar-refractivity contribution in [1.82, 2.24) is 10.0 Å². The zero-order chi connectivity index (χ0) is 19.2. The summed E-state index contributed by atoms with van der Waals surface area (Å²) in [5, 5.41) is 2.33. The third kappa shape index (κ3) is 5.14. The number of likely N-dealkylation sites (N-methyl/N-ethyl adjacent to an activating group) is 1. The molecule has 26 heavy (non-hydrogen) atoms. The maximum absolute atomic E-state index is 12.5. The Kier molecular flexibility index (Phi) is 6.48. The number of aryl methyl sites for hydroxylation is 1. The third-order valence-electron chi connectivity index (χ3n) is 3.66. The van der Waals surface area contributed by atoms with Crippen molar-refractivity contribution >= 4 is 21.9 Å². The molecule has 138 valence electrons. The van der Waals surface area contributed by atoms with E-state index < -0.39 is 28.5 Å². The van der Waals surface area contributed by atoms with Gasteiger partial charge < -0.3 is 10.1 Å². The number of hydrogen-bond acceptors (Lipinski definition) is 5. The summed E-state index contributed by atoms with van der Waals surface area (Å²) in [4.78, 5) is 23.3. The smallest absolute Gasteiger partial charge is 0.338 e. The van der Waals surface area contributed by atoms with Gasteiger partial charge in [0.05, 0.1) is 10.5 Å². The lowest BCUT2D eigenvalue weighted by Crippen LogP contribution is -2.26. The van der Waals surface area contributed by atoms with Gasteiger partial charge >= 0.3 is 5.97 Å². The minimum Gasteiger partial charge on any atom is -0.452 e. The van der Waals surface area contributed by atoms with Gasteiger partial charge in [-0.3, -0.25) is 4.79 Å². The van der Waals surface area contributed by atoms with E-state index in [0.717, 1.165) is 5.56 Å². The average Bonchev–Trinajstić information content (AvgIpc) is 2.65. The fourth-order valence-corrected chi connectivity index (χ4v) is 3.17. The topological polar surface area (TPSA) is 102 Å². The summed E-state index contributed by atoms with van der Waals surface area (Å²) >= 11 is 0. The van der Waals surface area contributed by atoms with Gasteiger partial charge in [-0.1, -0.05) is 36.4 Å². The maximum atomic E-state index is 12.5. The second-order valence-electron chi connectivity index (χ2n) is 5.54. The molecule has 0 saturated heterocycles. The van der Waals surface area contributed by atoms with Gasteiger partial charge in [0.1, 0.15) is 0 Å². The predicted molar refractivity (Wildman–Crippen MR) is 96.0 cm³/mol. The van der Waals surface area contributed by atoms with Crippen LogP contribution in [0.5, 0.6) is 0 Å². The van der Waals surface area contributed by atoms with Crippen LogP contribution < -0.4 is 10.0 Å². The first-order chi connectivity index (χ1) is 12.3. The highest BCUT2D eigenvalue weighted by atomic mass is 32.2. The van der Waals surface area contributed by atoms with Gasteiger partial charge in [0.25, 0.3) is 5.91 Å². The number of ether oxygens (including phenoxy) is 1. The number of nitrogens with one attached hydrogen (secondary N) is 2. The normalized spacial score (nSPS) is 11.0. The van der Waals surface area contributed by atoms with Crippen molar-refractivity contribution < 1.29 is 22.7 Å². The summed E-state index contributed by atoms with van der Waals surface area (Å²) in [6, 6.07) is 13.3. The Hall–Kier alpha value is -2.71. The van der Waals surface area contributed by atoms with Crippen LogP contribution in [0.15, 0.2) is 53.4 Å². The molecule has 0 unspecified atom stereocenters. The Labute approximate surface area is 152 Å². The number of carbonyl (C=O) groups is 2. The van der Waals surface area contributed by atoms with Gasteiger partial charge in [0.15, 0.2) is 6.61 Å². The predicted octanol–water partition coefficient (Wildman–Crippen LogP) is 1.38. The molecular formula is C18H20N2O5S. The van der Waals surface area contributed by atoms with E-state index in [1.54, 1.807) is 19.1 Å². The number of benzene rings is 2. The number of amides is 1. The van der Waals surface area contributed by atoms with Gasteiger partial charge in [0, 0.05) is 13.6 Å². The third-order valence-corrected chi connectivity index (χ3v) is 5.06. The van der Waals surface area contributed by atoms with Gasteiger partial charge in [0.2, 0.25) is 10.0 Å². The Morgan fingerprint density at radius 3 is 2.42 bits per heavy atom. The van der Waals surface area contributed by atoms with Crippen molar-refractivity contribution in [2.75, 3.05) is 13.7 Å². The lowest BCUT2D eigenvalue weighted by atomic mass is 10.1. The minimum atomic E-state index is -3.80. The molecule has 0 heterocycles. The van der Waals surface area contributed by atoms with E-state index in [4.69, 9.17) is 4.74 Å². The second-order valence-corrected chi connectivity index (χ2v) is 7.30. The first-order valence-electron chi connectivity index (χ1n) is 7.85. The molecule has 1 amide bonds. The number of sulfonamides is 1. The molecule has 0 fully saturated rings. The van der Waals surface area contributed by atoms with Crippen molar-refractivity contribution in [3.8, 4) is 0 Å².